The van der Waals surface area contributed by atoms with Gasteiger partial charge in [0, 0.05) is 6.54 Å². The smallest absolute Gasteiger partial charge is 0.392 e. The summed E-state index contributed by atoms with van der Waals surface area (Å²) in [5.74, 6) is -0.721. The molecular weight excluding hydrogens is 259 g/mol. The van der Waals surface area contributed by atoms with Crippen molar-refractivity contribution in [3.63, 3.8) is 0 Å². The molecule has 0 spiro atoms. The van der Waals surface area contributed by atoms with Crippen LogP contribution in [-0.4, -0.2) is 53.1 Å². The van der Waals surface area contributed by atoms with Gasteiger partial charge in [-0.15, -0.1) is 6.58 Å². The van der Waals surface area contributed by atoms with Crippen LogP contribution in [0.5, 0.6) is 0 Å². The van der Waals surface area contributed by atoms with E-state index in [9.17, 15) is 23.4 Å². The summed E-state index contributed by atoms with van der Waals surface area (Å²) in [6, 6.07) is 0. The van der Waals surface area contributed by atoms with E-state index in [1.807, 2.05) is 4.90 Å². The Hall–Kier alpha value is -0.590. The van der Waals surface area contributed by atoms with Crippen molar-refractivity contribution >= 4 is 0 Å². The first kappa shape index (κ1) is 16.5. The number of halogens is 3. The molecule has 1 rings (SSSR count). The number of rotatable bonds is 6. The van der Waals surface area contributed by atoms with Crippen molar-refractivity contribution in [3.05, 3.63) is 12.7 Å². The van der Waals surface area contributed by atoms with E-state index in [2.05, 4.69) is 6.58 Å². The maximum absolute atomic E-state index is 12.4. The molecule has 3 nitrogen and oxygen atoms in total. The van der Waals surface area contributed by atoms with Gasteiger partial charge in [0.05, 0.1) is 6.10 Å². The Bertz CT molecular complexity index is 276. The number of piperidine rings is 1. The van der Waals surface area contributed by atoms with Gasteiger partial charge in [-0.05, 0) is 44.7 Å². The Kier molecular flexibility index (Phi) is 6.29. The summed E-state index contributed by atoms with van der Waals surface area (Å²) in [6.07, 6.45) is -3.52. The highest BCUT2D eigenvalue weighted by molar-refractivity contribution is 4.82. The number of alkyl halides is 3. The van der Waals surface area contributed by atoms with E-state index in [0.717, 1.165) is 6.42 Å². The van der Waals surface area contributed by atoms with Crippen LogP contribution >= 0.6 is 0 Å². The van der Waals surface area contributed by atoms with Crippen molar-refractivity contribution in [1.29, 1.82) is 0 Å². The number of nitrogens with zero attached hydrogens (tertiary/aromatic N) is 1. The van der Waals surface area contributed by atoms with E-state index < -0.39 is 24.3 Å². The van der Waals surface area contributed by atoms with Gasteiger partial charge >= 0.3 is 6.18 Å². The summed E-state index contributed by atoms with van der Waals surface area (Å²) in [5.41, 5.74) is 0. The molecule has 1 fully saturated rings. The van der Waals surface area contributed by atoms with Crippen molar-refractivity contribution in [1.82, 2.24) is 4.90 Å². The maximum atomic E-state index is 12.4. The fourth-order valence-electron chi connectivity index (χ4n) is 2.42. The van der Waals surface area contributed by atoms with E-state index in [0.29, 0.717) is 38.9 Å². The second-order valence-corrected chi connectivity index (χ2v) is 5.14. The second-order valence-electron chi connectivity index (χ2n) is 5.14. The third-order valence-corrected chi connectivity index (χ3v) is 3.59. The van der Waals surface area contributed by atoms with Gasteiger partial charge in [-0.1, -0.05) is 6.08 Å². The summed E-state index contributed by atoms with van der Waals surface area (Å²) < 4.78 is 37.1. The van der Waals surface area contributed by atoms with Gasteiger partial charge in [-0.2, -0.15) is 13.2 Å². The molecule has 0 aromatic heterocycles. The molecule has 2 N–H and O–H groups in total. The molecular formula is C13H22F3NO2. The molecule has 1 heterocycles. The zero-order valence-corrected chi connectivity index (χ0v) is 10.9. The van der Waals surface area contributed by atoms with Gasteiger partial charge in [-0.25, -0.2) is 0 Å². The normalized spacial score (nSPS) is 22.2. The van der Waals surface area contributed by atoms with Crippen LogP contribution in [0, 0.1) is 5.92 Å². The molecule has 0 aromatic rings. The largest absolute Gasteiger partial charge is 0.414 e. The third kappa shape index (κ3) is 5.50. The van der Waals surface area contributed by atoms with Gasteiger partial charge < -0.3 is 15.1 Å². The number of likely N-dealkylation sites (tertiary alicyclic amines) is 1. The van der Waals surface area contributed by atoms with Gasteiger partial charge in [0.2, 0.25) is 0 Å². The van der Waals surface area contributed by atoms with Crippen LogP contribution in [0.15, 0.2) is 12.7 Å². The van der Waals surface area contributed by atoms with Crippen molar-refractivity contribution < 1.29 is 23.4 Å². The average Bonchev–Trinajstić information content (AvgIpc) is 2.35. The molecule has 1 aliphatic rings. The minimum Gasteiger partial charge on any atom is -0.392 e. The van der Waals surface area contributed by atoms with Crippen LogP contribution < -0.4 is 0 Å². The fraction of sp³-hybridized carbons (Fsp3) is 0.846. The molecule has 0 bridgehead atoms. The second kappa shape index (κ2) is 7.26. The molecule has 2 atom stereocenters. The molecule has 0 radical (unpaired) electrons. The predicted octanol–water partition coefficient (Wildman–Crippen LogP) is 1.95. The maximum Gasteiger partial charge on any atom is 0.414 e. The van der Waals surface area contributed by atoms with E-state index >= 15 is 0 Å². The molecule has 6 heteroatoms. The highest BCUT2D eigenvalue weighted by atomic mass is 19.4. The zero-order chi connectivity index (χ0) is 14.5. The molecule has 0 aromatic carbocycles. The Morgan fingerprint density at radius 3 is 2.32 bits per heavy atom. The Labute approximate surface area is 111 Å². The number of aliphatic hydroxyl groups is 2. The SMILES string of the molecule is C=CCCC(O)CN1CCC(C(O)C(F)(F)F)CC1. The first-order valence-electron chi connectivity index (χ1n) is 6.60. The molecule has 1 aliphatic heterocycles. The van der Waals surface area contributed by atoms with Gasteiger partial charge in [0.15, 0.2) is 6.10 Å². The van der Waals surface area contributed by atoms with Gasteiger partial charge in [0.1, 0.15) is 0 Å². The standard InChI is InChI=1S/C13H22F3NO2/c1-2-3-4-11(18)9-17-7-5-10(6-8-17)12(19)13(14,15)16/h2,10-12,18-19H,1,3-9H2. The Morgan fingerprint density at radius 1 is 1.26 bits per heavy atom. The van der Waals surface area contributed by atoms with Crippen molar-refractivity contribution in [2.75, 3.05) is 19.6 Å². The molecule has 112 valence electrons. The van der Waals surface area contributed by atoms with Gasteiger partial charge in [0.25, 0.3) is 0 Å². The minimum absolute atomic E-state index is 0.314. The molecule has 0 saturated carbocycles. The summed E-state index contributed by atoms with van der Waals surface area (Å²) in [6.45, 7) is 5.03. The third-order valence-electron chi connectivity index (χ3n) is 3.59. The molecule has 0 amide bonds. The topological polar surface area (TPSA) is 43.7 Å². The quantitative estimate of drug-likeness (QED) is 0.731. The summed E-state index contributed by atoms with van der Waals surface area (Å²) >= 11 is 0. The lowest BCUT2D eigenvalue weighted by molar-refractivity contribution is -0.223. The number of aliphatic hydroxyl groups excluding tert-OH is 2. The van der Waals surface area contributed by atoms with E-state index in [4.69, 9.17) is 0 Å². The van der Waals surface area contributed by atoms with Crippen LogP contribution in [0.25, 0.3) is 0 Å². The minimum atomic E-state index is -4.53. The lowest BCUT2D eigenvalue weighted by Gasteiger charge is -2.35. The first-order valence-corrected chi connectivity index (χ1v) is 6.60. The predicted molar refractivity (Wildman–Crippen MR) is 66.7 cm³/mol. The van der Waals surface area contributed by atoms with Gasteiger partial charge in [-0.3, -0.25) is 0 Å². The van der Waals surface area contributed by atoms with Crippen LogP contribution in [0.3, 0.4) is 0 Å². The molecule has 1 saturated heterocycles. The van der Waals surface area contributed by atoms with Crippen LogP contribution in [0.2, 0.25) is 0 Å². The highest BCUT2D eigenvalue weighted by Crippen LogP contribution is 2.31. The lowest BCUT2D eigenvalue weighted by Crippen LogP contribution is -2.45. The monoisotopic (exact) mass is 281 g/mol. The van der Waals surface area contributed by atoms with Crippen LogP contribution in [0.4, 0.5) is 13.2 Å². The summed E-state index contributed by atoms with van der Waals surface area (Å²) in [5, 5.41) is 18.9. The van der Waals surface area contributed by atoms with Crippen molar-refractivity contribution in [3.8, 4) is 0 Å². The number of hydrogen-bond acceptors (Lipinski definition) is 3. The van der Waals surface area contributed by atoms with Crippen molar-refractivity contribution in [2.24, 2.45) is 5.92 Å². The Morgan fingerprint density at radius 2 is 1.84 bits per heavy atom. The number of allylic oxidation sites excluding steroid dienone is 1. The highest BCUT2D eigenvalue weighted by Gasteiger charge is 2.44. The van der Waals surface area contributed by atoms with Crippen LogP contribution in [-0.2, 0) is 0 Å². The van der Waals surface area contributed by atoms with E-state index in [1.54, 1.807) is 6.08 Å². The molecule has 19 heavy (non-hydrogen) atoms. The first-order chi connectivity index (χ1) is 8.84. The number of hydrogen-bond donors (Lipinski definition) is 2. The van der Waals surface area contributed by atoms with E-state index in [1.165, 1.54) is 0 Å². The molecule has 0 aliphatic carbocycles. The number of β-amino-alcohol motifs (C(OH)–C–C–N with tert-alkyl or cyclic N) is 1. The molecule has 2 unspecified atom stereocenters. The zero-order valence-electron chi connectivity index (χ0n) is 10.9. The van der Waals surface area contributed by atoms with E-state index in [-0.39, 0.29) is 0 Å². The fourth-order valence-corrected chi connectivity index (χ4v) is 2.42. The lowest BCUT2D eigenvalue weighted by atomic mass is 9.90. The summed E-state index contributed by atoms with van der Waals surface area (Å²) in [7, 11) is 0. The Balaban J connectivity index is 2.31. The van der Waals surface area contributed by atoms with Crippen LogP contribution in [0.1, 0.15) is 25.7 Å². The summed E-state index contributed by atoms with van der Waals surface area (Å²) in [4.78, 5) is 1.95. The van der Waals surface area contributed by atoms with Crippen molar-refractivity contribution in [2.45, 2.75) is 44.1 Å². The average molecular weight is 281 g/mol.